The van der Waals surface area contributed by atoms with E-state index in [0.29, 0.717) is 6.61 Å². The molecule has 1 heterocycles. The zero-order valence-electron chi connectivity index (χ0n) is 14.8. The molecule has 1 aromatic heterocycles. The van der Waals surface area contributed by atoms with E-state index in [-0.39, 0.29) is 0 Å². The molecular weight excluding hydrogens is 338 g/mol. The van der Waals surface area contributed by atoms with Crippen LogP contribution in [0, 0.1) is 6.92 Å². The predicted octanol–water partition coefficient (Wildman–Crippen LogP) is 2.87. The molecule has 25 heavy (non-hydrogen) atoms. The van der Waals surface area contributed by atoms with E-state index in [1.807, 2.05) is 42.1 Å². The zero-order valence-corrected chi connectivity index (χ0v) is 15.6. The fraction of sp³-hybridized carbons (Fsp3) is 0.444. The Balaban J connectivity index is 1.56. The molecular formula is C18H26ClN5O. The van der Waals surface area contributed by atoms with Crippen LogP contribution >= 0.6 is 11.6 Å². The Morgan fingerprint density at radius 1 is 1.28 bits per heavy atom. The normalized spacial score (nSPS) is 11.4. The predicted molar refractivity (Wildman–Crippen MR) is 103 cm³/mol. The second-order valence-electron chi connectivity index (χ2n) is 5.66. The molecule has 0 aliphatic heterocycles. The van der Waals surface area contributed by atoms with E-state index < -0.39 is 0 Å². The summed E-state index contributed by atoms with van der Waals surface area (Å²) in [5, 5.41) is 11.5. The molecule has 0 spiro atoms. The van der Waals surface area contributed by atoms with Gasteiger partial charge in [0.2, 0.25) is 0 Å². The Morgan fingerprint density at radius 2 is 2.08 bits per heavy atom. The number of nitrogens with zero attached hydrogens (tertiary/aromatic N) is 3. The van der Waals surface area contributed by atoms with Crippen molar-refractivity contribution in [2.24, 2.45) is 4.99 Å². The molecule has 2 aromatic rings. The van der Waals surface area contributed by atoms with Gasteiger partial charge in [-0.3, -0.25) is 9.67 Å². The van der Waals surface area contributed by atoms with Crippen LogP contribution in [0.25, 0.3) is 0 Å². The van der Waals surface area contributed by atoms with Gasteiger partial charge in [-0.2, -0.15) is 5.10 Å². The number of aliphatic imine (C=N–C) groups is 1. The number of benzene rings is 1. The van der Waals surface area contributed by atoms with Crippen LogP contribution in [-0.4, -0.2) is 42.5 Å². The molecule has 7 heteroatoms. The number of ether oxygens (including phenoxy) is 1. The van der Waals surface area contributed by atoms with E-state index in [0.717, 1.165) is 54.8 Å². The lowest BCUT2D eigenvalue weighted by Crippen LogP contribution is -2.38. The van der Waals surface area contributed by atoms with Crippen molar-refractivity contribution < 1.29 is 4.74 Å². The highest BCUT2D eigenvalue weighted by Gasteiger charge is 2.01. The van der Waals surface area contributed by atoms with Crippen molar-refractivity contribution >= 4 is 17.6 Å². The first-order valence-corrected chi connectivity index (χ1v) is 8.87. The summed E-state index contributed by atoms with van der Waals surface area (Å²) in [6.07, 6.45) is 5.63. The van der Waals surface area contributed by atoms with Gasteiger partial charge in [0, 0.05) is 44.1 Å². The van der Waals surface area contributed by atoms with Gasteiger partial charge in [-0.25, -0.2) is 0 Å². The van der Waals surface area contributed by atoms with Crippen LogP contribution in [0.2, 0.25) is 5.02 Å². The first-order chi connectivity index (χ1) is 12.2. The van der Waals surface area contributed by atoms with Crippen LogP contribution in [0.4, 0.5) is 0 Å². The van der Waals surface area contributed by atoms with E-state index in [1.54, 1.807) is 13.2 Å². The molecule has 0 saturated carbocycles. The molecule has 1 aromatic carbocycles. The quantitative estimate of drug-likeness (QED) is 0.408. The number of hydrogen-bond acceptors (Lipinski definition) is 3. The fourth-order valence-electron chi connectivity index (χ4n) is 2.34. The summed E-state index contributed by atoms with van der Waals surface area (Å²) in [4.78, 5) is 4.22. The van der Waals surface area contributed by atoms with Crippen LogP contribution in [0.3, 0.4) is 0 Å². The minimum absolute atomic E-state index is 0.645. The molecule has 2 N–H and O–H groups in total. The number of rotatable bonds is 9. The molecule has 0 bridgehead atoms. The molecule has 0 amide bonds. The number of hydrogen-bond donors (Lipinski definition) is 2. The number of halogens is 1. The lowest BCUT2D eigenvalue weighted by atomic mass is 10.2. The SMILES string of the molecule is CN=C(NCCCOc1ccc(Cl)cc1C)NCCCn1cccn1. The van der Waals surface area contributed by atoms with Crippen LogP contribution in [0.15, 0.2) is 41.7 Å². The van der Waals surface area contributed by atoms with Crippen molar-refractivity contribution in [1.29, 1.82) is 0 Å². The van der Waals surface area contributed by atoms with Gasteiger partial charge < -0.3 is 15.4 Å². The molecule has 0 radical (unpaired) electrons. The van der Waals surface area contributed by atoms with Gasteiger partial charge in [0.15, 0.2) is 5.96 Å². The standard InChI is InChI=1S/C18H26ClN5O/c1-15-14-16(19)6-7-17(15)25-13-5-9-22-18(20-2)21-8-3-11-24-12-4-10-23-24/h4,6-7,10,12,14H,3,5,8-9,11,13H2,1-2H3,(H2,20,21,22). The summed E-state index contributed by atoms with van der Waals surface area (Å²) in [5.41, 5.74) is 1.05. The highest BCUT2D eigenvalue weighted by atomic mass is 35.5. The zero-order chi connectivity index (χ0) is 17.9. The smallest absolute Gasteiger partial charge is 0.190 e. The van der Waals surface area contributed by atoms with Gasteiger partial charge in [-0.15, -0.1) is 0 Å². The highest BCUT2D eigenvalue weighted by Crippen LogP contribution is 2.21. The van der Waals surface area contributed by atoms with Crippen molar-refractivity contribution in [2.45, 2.75) is 26.3 Å². The second kappa shape index (κ2) is 10.6. The third-order valence-electron chi connectivity index (χ3n) is 3.65. The largest absolute Gasteiger partial charge is 0.493 e. The van der Waals surface area contributed by atoms with Gasteiger partial charge in [0.25, 0.3) is 0 Å². The maximum atomic E-state index is 5.94. The Hall–Kier alpha value is -2.21. The van der Waals surface area contributed by atoms with Crippen LogP contribution in [0.1, 0.15) is 18.4 Å². The first-order valence-electron chi connectivity index (χ1n) is 8.50. The van der Waals surface area contributed by atoms with E-state index in [1.165, 1.54) is 0 Å². The Kier molecular flexibility index (Phi) is 8.12. The molecule has 0 fully saturated rings. The minimum atomic E-state index is 0.645. The molecule has 0 unspecified atom stereocenters. The van der Waals surface area contributed by atoms with E-state index in [2.05, 4.69) is 20.7 Å². The number of aromatic nitrogens is 2. The van der Waals surface area contributed by atoms with Crippen LogP contribution in [0.5, 0.6) is 5.75 Å². The molecule has 136 valence electrons. The summed E-state index contributed by atoms with van der Waals surface area (Å²) in [6, 6.07) is 7.59. The van der Waals surface area contributed by atoms with Crippen molar-refractivity contribution in [1.82, 2.24) is 20.4 Å². The Labute approximate surface area is 154 Å². The Bertz CT molecular complexity index is 657. The van der Waals surface area contributed by atoms with Crippen LogP contribution in [-0.2, 0) is 6.54 Å². The first kappa shape index (κ1) is 19.1. The maximum Gasteiger partial charge on any atom is 0.190 e. The van der Waals surface area contributed by atoms with Crippen LogP contribution < -0.4 is 15.4 Å². The second-order valence-corrected chi connectivity index (χ2v) is 6.10. The number of aryl methyl sites for hydroxylation is 2. The molecule has 0 saturated heterocycles. The minimum Gasteiger partial charge on any atom is -0.493 e. The average molecular weight is 364 g/mol. The van der Waals surface area contributed by atoms with Gasteiger partial charge >= 0.3 is 0 Å². The molecule has 6 nitrogen and oxygen atoms in total. The molecule has 2 rings (SSSR count). The number of nitrogens with one attached hydrogen (secondary N) is 2. The van der Waals surface area contributed by atoms with Gasteiger partial charge in [0.05, 0.1) is 6.61 Å². The van der Waals surface area contributed by atoms with Crippen molar-refractivity contribution in [3.05, 3.63) is 47.2 Å². The lowest BCUT2D eigenvalue weighted by Gasteiger charge is -2.13. The lowest BCUT2D eigenvalue weighted by molar-refractivity contribution is 0.309. The van der Waals surface area contributed by atoms with E-state index in [4.69, 9.17) is 16.3 Å². The van der Waals surface area contributed by atoms with E-state index in [9.17, 15) is 0 Å². The summed E-state index contributed by atoms with van der Waals surface area (Å²) in [6.45, 7) is 5.18. The summed E-state index contributed by atoms with van der Waals surface area (Å²) >= 11 is 5.94. The molecule has 0 atom stereocenters. The molecule has 0 aliphatic rings. The maximum absolute atomic E-state index is 5.94. The monoisotopic (exact) mass is 363 g/mol. The number of guanidine groups is 1. The highest BCUT2D eigenvalue weighted by molar-refractivity contribution is 6.30. The summed E-state index contributed by atoms with van der Waals surface area (Å²) in [7, 11) is 1.77. The van der Waals surface area contributed by atoms with Crippen molar-refractivity contribution in [3.63, 3.8) is 0 Å². The third-order valence-corrected chi connectivity index (χ3v) is 3.88. The van der Waals surface area contributed by atoms with E-state index >= 15 is 0 Å². The summed E-state index contributed by atoms with van der Waals surface area (Å²) in [5.74, 6) is 1.69. The fourth-order valence-corrected chi connectivity index (χ4v) is 2.56. The third kappa shape index (κ3) is 7.05. The van der Waals surface area contributed by atoms with Gasteiger partial charge in [-0.05, 0) is 49.6 Å². The summed E-state index contributed by atoms with van der Waals surface area (Å²) < 4.78 is 7.70. The Morgan fingerprint density at radius 3 is 2.76 bits per heavy atom. The van der Waals surface area contributed by atoms with Crippen molar-refractivity contribution in [2.75, 3.05) is 26.7 Å². The van der Waals surface area contributed by atoms with Gasteiger partial charge in [-0.1, -0.05) is 11.6 Å². The average Bonchev–Trinajstić information content (AvgIpc) is 3.11. The molecule has 0 aliphatic carbocycles. The van der Waals surface area contributed by atoms with Gasteiger partial charge in [0.1, 0.15) is 5.75 Å². The topological polar surface area (TPSA) is 63.5 Å². The van der Waals surface area contributed by atoms with Crippen molar-refractivity contribution in [3.8, 4) is 5.75 Å².